The molecule has 80 valence electrons. The fourth-order valence-electron chi connectivity index (χ4n) is 1.94. The van der Waals surface area contributed by atoms with Gasteiger partial charge >= 0.3 is 97.1 Å². The fraction of sp³-hybridized carbons (Fsp3) is 0.385. The van der Waals surface area contributed by atoms with Gasteiger partial charge in [-0.25, -0.2) is 0 Å². The van der Waals surface area contributed by atoms with Crippen LogP contribution in [-0.4, -0.2) is 27.1 Å². The van der Waals surface area contributed by atoms with E-state index in [-0.39, 0.29) is 0 Å². The fourth-order valence-corrected chi connectivity index (χ4v) is 3.99. The summed E-state index contributed by atoms with van der Waals surface area (Å²) in [6.45, 7) is 5.48. The van der Waals surface area contributed by atoms with Crippen molar-refractivity contribution in [2.75, 3.05) is 6.54 Å². The molecule has 0 saturated heterocycles. The van der Waals surface area contributed by atoms with Crippen LogP contribution < -0.4 is 5.32 Å². The molecular weight excluding hydrogens is 249 g/mol. The quantitative estimate of drug-likeness (QED) is 0.838. The molecule has 1 aromatic carbocycles. The molecule has 1 unspecified atom stereocenters. The van der Waals surface area contributed by atoms with Gasteiger partial charge in [-0.2, -0.15) is 0 Å². The van der Waals surface area contributed by atoms with Crippen LogP contribution >= 0.6 is 0 Å². The average Bonchev–Trinajstić information content (AvgIpc) is 2.62. The van der Waals surface area contributed by atoms with Gasteiger partial charge in [0, 0.05) is 0 Å². The first-order valence-electron chi connectivity index (χ1n) is 5.49. The number of benzene rings is 1. The van der Waals surface area contributed by atoms with Gasteiger partial charge in [0.2, 0.25) is 0 Å². The summed E-state index contributed by atoms with van der Waals surface area (Å²) < 4.78 is 1.55. The van der Waals surface area contributed by atoms with Crippen LogP contribution in [0.2, 0.25) is 0 Å². The third-order valence-corrected chi connectivity index (χ3v) is 4.76. The molecule has 0 aliphatic heterocycles. The van der Waals surface area contributed by atoms with Crippen molar-refractivity contribution in [1.29, 1.82) is 0 Å². The number of hydrogen-bond acceptors (Lipinski definition) is 1. The molecule has 0 amide bonds. The van der Waals surface area contributed by atoms with Crippen LogP contribution in [0.1, 0.15) is 19.4 Å². The molecule has 2 heteroatoms. The Morgan fingerprint density at radius 1 is 1.33 bits per heavy atom. The van der Waals surface area contributed by atoms with E-state index >= 15 is 0 Å². The van der Waals surface area contributed by atoms with Crippen LogP contribution in [0.25, 0.3) is 9.65 Å². The molecule has 0 aliphatic rings. The summed E-state index contributed by atoms with van der Waals surface area (Å²) in [4.78, 5) is 2.44. The standard InChI is InChI=1S/C13H17NSe/c1-3-14-10(2)8-11-9-15-13-7-5-4-6-12(11)13/h4-7,9-10,14H,3,8H2,1-2H3. The van der Waals surface area contributed by atoms with E-state index < -0.39 is 0 Å². The summed E-state index contributed by atoms with van der Waals surface area (Å²) in [7, 11) is 0. The zero-order chi connectivity index (χ0) is 10.7. The van der Waals surface area contributed by atoms with Crippen molar-refractivity contribution in [3.8, 4) is 0 Å². The molecule has 0 aliphatic carbocycles. The third kappa shape index (κ3) is 2.52. The molecule has 0 radical (unpaired) electrons. The maximum atomic E-state index is 3.47. The van der Waals surface area contributed by atoms with E-state index in [0.29, 0.717) is 20.5 Å². The predicted molar refractivity (Wildman–Crippen MR) is 67.7 cm³/mol. The number of hydrogen-bond donors (Lipinski definition) is 1. The summed E-state index contributed by atoms with van der Waals surface area (Å²) in [5.74, 6) is 0. The Morgan fingerprint density at radius 3 is 2.93 bits per heavy atom. The minimum absolute atomic E-state index is 0.567. The molecule has 15 heavy (non-hydrogen) atoms. The second kappa shape index (κ2) is 4.98. The molecule has 1 heterocycles. The predicted octanol–water partition coefficient (Wildman–Crippen LogP) is 2.44. The first-order chi connectivity index (χ1) is 7.31. The Hall–Kier alpha value is -0.561. The second-order valence-electron chi connectivity index (χ2n) is 3.92. The summed E-state index contributed by atoms with van der Waals surface area (Å²) in [5, 5.41) is 4.96. The van der Waals surface area contributed by atoms with Gasteiger partial charge in [-0.15, -0.1) is 0 Å². The summed E-state index contributed by atoms with van der Waals surface area (Å²) in [6, 6.07) is 9.39. The van der Waals surface area contributed by atoms with Gasteiger partial charge in [0.1, 0.15) is 0 Å². The molecular formula is C13H17NSe. The van der Waals surface area contributed by atoms with Gasteiger partial charge in [0.05, 0.1) is 0 Å². The van der Waals surface area contributed by atoms with E-state index in [1.165, 1.54) is 5.39 Å². The SMILES string of the molecule is CCNC(C)Cc1c[se]c2ccccc12. The molecule has 0 fully saturated rings. The Bertz CT molecular complexity index is 433. The first kappa shape index (κ1) is 10.9. The summed E-state index contributed by atoms with van der Waals surface area (Å²) in [5.41, 5.74) is 1.54. The third-order valence-electron chi connectivity index (χ3n) is 2.64. The van der Waals surface area contributed by atoms with Gasteiger partial charge in [-0.1, -0.05) is 0 Å². The number of likely N-dealkylation sites (N-methyl/N-ethyl adjacent to an activating group) is 1. The molecule has 1 atom stereocenters. The molecule has 0 spiro atoms. The van der Waals surface area contributed by atoms with Crippen molar-refractivity contribution < 1.29 is 0 Å². The Balaban J connectivity index is 2.21. The summed E-state index contributed by atoms with van der Waals surface area (Å²) >= 11 is 0.567. The molecule has 1 aromatic heterocycles. The van der Waals surface area contributed by atoms with E-state index in [1.54, 1.807) is 9.82 Å². The van der Waals surface area contributed by atoms with Crippen molar-refractivity contribution in [3.05, 3.63) is 34.8 Å². The van der Waals surface area contributed by atoms with Gasteiger partial charge in [-0.05, 0) is 0 Å². The molecule has 2 rings (SSSR count). The van der Waals surface area contributed by atoms with Crippen molar-refractivity contribution in [3.63, 3.8) is 0 Å². The molecule has 0 saturated carbocycles. The average molecular weight is 266 g/mol. The normalized spacial score (nSPS) is 13.2. The van der Waals surface area contributed by atoms with Crippen LogP contribution in [0.15, 0.2) is 29.2 Å². The molecule has 0 bridgehead atoms. The van der Waals surface area contributed by atoms with Crippen LogP contribution in [0.3, 0.4) is 0 Å². The number of rotatable bonds is 4. The number of nitrogens with one attached hydrogen (secondary N) is 1. The molecule has 1 nitrogen and oxygen atoms in total. The van der Waals surface area contributed by atoms with Gasteiger partial charge in [-0.3, -0.25) is 0 Å². The molecule has 2 aromatic rings. The first-order valence-corrected chi connectivity index (χ1v) is 7.34. The second-order valence-corrected chi connectivity index (χ2v) is 5.83. The maximum absolute atomic E-state index is 3.47. The van der Waals surface area contributed by atoms with Crippen molar-refractivity contribution in [1.82, 2.24) is 5.32 Å². The monoisotopic (exact) mass is 267 g/mol. The van der Waals surface area contributed by atoms with Crippen molar-refractivity contribution >= 4 is 24.1 Å². The van der Waals surface area contributed by atoms with E-state index in [0.717, 1.165) is 13.0 Å². The Kier molecular flexibility index (Phi) is 3.63. The van der Waals surface area contributed by atoms with Crippen molar-refractivity contribution in [2.24, 2.45) is 0 Å². The Labute approximate surface area is 97.2 Å². The van der Waals surface area contributed by atoms with Crippen LogP contribution in [-0.2, 0) is 6.42 Å². The van der Waals surface area contributed by atoms with E-state index in [9.17, 15) is 0 Å². The van der Waals surface area contributed by atoms with E-state index in [4.69, 9.17) is 0 Å². The van der Waals surface area contributed by atoms with Crippen LogP contribution in [0, 0.1) is 0 Å². The zero-order valence-electron chi connectivity index (χ0n) is 9.29. The zero-order valence-corrected chi connectivity index (χ0v) is 11.0. The number of fused-ring (bicyclic) bond motifs is 1. The van der Waals surface area contributed by atoms with Crippen molar-refractivity contribution in [2.45, 2.75) is 26.3 Å². The molecule has 1 N–H and O–H groups in total. The Morgan fingerprint density at radius 2 is 2.13 bits per heavy atom. The van der Waals surface area contributed by atoms with Gasteiger partial charge < -0.3 is 0 Å². The van der Waals surface area contributed by atoms with Crippen LogP contribution in [0.4, 0.5) is 0 Å². The van der Waals surface area contributed by atoms with Gasteiger partial charge in [0.15, 0.2) is 0 Å². The van der Waals surface area contributed by atoms with Crippen LogP contribution in [0.5, 0.6) is 0 Å². The topological polar surface area (TPSA) is 12.0 Å². The van der Waals surface area contributed by atoms with Gasteiger partial charge in [0.25, 0.3) is 0 Å². The summed E-state index contributed by atoms with van der Waals surface area (Å²) in [6.07, 6.45) is 1.16. The van der Waals surface area contributed by atoms with E-state index in [1.807, 2.05) is 0 Å². The minimum atomic E-state index is 0.567. The van der Waals surface area contributed by atoms with E-state index in [2.05, 4.69) is 48.4 Å².